The Balaban J connectivity index is 2.00. The number of piperidine rings is 1. The largest absolute Gasteiger partial charge is 0.317 e. The van der Waals surface area contributed by atoms with Gasteiger partial charge in [-0.1, -0.05) is 24.3 Å². The number of hydrogen-bond acceptors (Lipinski definition) is 1. The Bertz CT molecular complexity index is 312. The zero-order valence-corrected chi connectivity index (χ0v) is 9.88. The molecule has 1 nitrogen and oxygen atoms in total. The maximum atomic E-state index is 12.8. The monoisotopic (exact) mass is 221 g/mol. The molecule has 1 aliphatic rings. The van der Waals surface area contributed by atoms with E-state index in [1.807, 2.05) is 0 Å². The van der Waals surface area contributed by atoms with Crippen LogP contribution in [0.15, 0.2) is 24.3 Å². The fourth-order valence-electron chi connectivity index (χ4n) is 2.41. The van der Waals surface area contributed by atoms with E-state index < -0.39 is 6.17 Å². The van der Waals surface area contributed by atoms with Crippen LogP contribution in [0.3, 0.4) is 0 Å². The molecular weight excluding hydrogens is 201 g/mol. The van der Waals surface area contributed by atoms with Crippen molar-refractivity contribution in [1.29, 1.82) is 0 Å². The molecule has 1 aromatic rings. The quantitative estimate of drug-likeness (QED) is 0.827. The van der Waals surface area contributed by atoms with E-state index in [1.165, 1.54) is 18.4 Å². The highest BCUT2D eigenvalue weighted by Gasteiger charge is 2.14. The van der Waals surface area contributed by atoms with Gasteiger partial charge in [0.25, 0.3) is 0 Å². The van der Waals surface area contributed by atoms with Crippen LogP contribution in [-0.4, -0.2) is 19.3 Å². The van der Waals surface area contributed by atoms with E-state index in [2.05, 4.69) is 29.6 Å². The van der Waals surface area contributed by atoms with Gasteiger partial charge in [-0.05, 0) is 49.9 Å². The first kappa shape index (κ1) is 11.6. The van der Waals surface area contributed by atoms with E-state index in [0.717, 1.165) is 18.7 Å². The number of alkyl halides is 1. The van der Waals surface area contributed by atoms with Gasteiger partial charge in [-0.25, -0.2) is 4.39 Å². The van der Waals surface area contributed by atoms with Crippen LogP contribution in [0, 0.1) is 0 Å². The molecule has 1 heterocycles. The average Bonchev–Trinajstić information content (AvgIpc) is 2.30. The lowest BCUT2D eigenvalue weighted by atomic mass is 9.89. The van der Waals surface area contributed by atoms with Gasteiger partial charge < -0.3 is 5.32 Å². The van der Waals surface area contributed by atoms with Crippen molar-refractivity contribution in [3.63, 3.8) is 0 Å². The molecule has 16 heavy (non-hydrogen) atoms. The summed E-state index contributed by atoms with van der Waals surface area (Å²) in [5.41, 5.74) is 2.52. The van der Waals surface area contributed by atoms with Crippen LogP contribution >= 0.6 is 0 Å². The molecule has 1 N–H and O–H groups in total. The predicted molar refractivity (Wildman–Crippen MR) is 65.6 cm³/mol. The predicted octanol–water partition coefficient (Wildman–Crippen LogP) is 3.05. The highest BCUT2D eigenvalue weighted by Crippen LogP contribution is 2.25. The summed E-state index contributed by atoms with van der Waals surface area (Å²) in [6, 6.07) is 8.50. The molecule has 1 fully saturated rings. The van der Waals surface area contributed by atoms with Crippen molar-refractivity contribution in [3.05, 3.63) is 35.4 Å². The van der Waals surface area contributed by atoms with Crippen molar-refractivity contribution in [2.45, 2.75) is 38.3 Å². The summed E-state index contributed by atoms with van der Waals surface area (Å²) in [6.07, 6.45) is 2.23. The molecule has 1 atom stereocenters. The Hall–Kier alpha value is -0.890. The molecule has 1 aromatic carbocycles. The van der Waals surface area contributed by atoms with Crippen LogP contribution in [0.5, 0.6) is 0 Å². The highest BCUT2D eigenvalue weighted by molar-refractivity contribution is 5.26. The zero-order valence-electron chi connectivity index (χ0n) is 9.88. The van der Waals surface area contributed by atoms with E-state index in [1.54, 1.807) is 6.92 Å². The number of hydrogen-bond donors (Lipinski definition) is 1. The lowest BCUT2D eigenvalue weighted by Gasteiger charge is -2.23. The Kier molecular flexibility index (Phi) is 3.94. The third kappa shape index (κ3) is 3.05. The Morgan fingerprint density at radius 2 is 1.88 bits per heavy atom. The average molecular weight is 221 g/mol. The number of benzene rings is 1. The minimum absolute atomic E-state index is 0.534. The van der Waals surface area contributed by atoms with E-state index in [-0.39, 0.29) is 0 Å². The number of halogens is 1. The maximum absolute atomic E-state index is 12.8. The van der Waals surface area contributed by atoms with Gasteiger partial charge in [0.2, 0.25) is 0 Å². The summed E-state index contributed by atoms with van der Waals surface area (Å²) in [5.74, 6) is 0.693. The number of nitrogens with one attached hydrogen (secondary N) is 1. The van der Waals surface area contributed by atoms with Crippen LogP contribution in [0.25, 0.3) is 0 Å². The van der Waals surface area contributed by atoms with Crippen LogP contribution in [-0.2, 0) is 6.42 Å². The number of rotatable bonds is 3. The van der Waals surface area contributed by atoms with Crippen molar-refractivity contribution in [2.24, 2.45) is 0 Å². The molecule has 0 saturated carbocycles. The minimum atomic E-state index is -0.746. The van der Waals surface area contributed by atoms with Crippen LogP contribution in [0.2, 0.25) is 0 Å². The fourth-order valence-corrected chi connectivity index (χ4v) is 2.41. The van der Waals surface area contributed by atoms with Crippen LogP contribution < -0.4 is 5.32 Å². The smallest absolute Gasteiger partial charge is 0.101 e. The molecule has 0 radical (unpaired) electrons. The van der Waals surface area contributed by atoms with Gasteiger partial charge in [-0.3, -0.25) is 0 Å². The third-order valence-electron chi connectivity index (χ3n) is 3.31. The molecule has 0 aliphatic carbocycles. The van der Waals surface area contributed by atoms with Crippen molar-refractivity contribution in [2.75, 3.05) is 13.1 Å². The Morgan fingerprint density at radius 3 is 2.44 bits per heavy atom. The highest BCUT2D eigenvalue weighted by atomic mass is 19.1. The standard InChI is InChI=1S/C14H20FN/c1-11(15)10-12-2-4-13(5-3-12)14-6-8-16-9-7-14/h2-5,11,14,16H,6-10H2,1H3. The molecule has 0 bridgehead atoms. The molecule has 0 amide bonds. The second-order valence-corrected chi connectivity index (χ2v) is 4.75. The molecule has 1 saturated heterocycles. The lowest BCUT2D eigenvalue weighted by Crippen LogP contribution is -2.26. The van der Waals surface area contributed by atoms with Crippen molar-refractivity contribution in [3.8, 4) is 0 Å². The SMILES string of the molecule is CC(F)Cc1ccc(C2CCNCC2)cc1. The molecule has 88 valence electrons. The molecule has 1 aliphatic heterocycles. The van der Waals surface area contributed by atoms with E-state index >= 15 is 0 Å². The van der Waals surface area contributed by atoms with Gasteiger partial charge in [0.05, 0.1) is 0 Å². The van der Waals surface area contributed by atoms with Gasteiger partial charge in [0.15, 0.2) is 0 Å². The van der Waals surface area contributed by atoms with Crippen molar-refractivity contribution in [1.82, 2.24) is 5.32 Å². The van der Waals surface area contributed by atoms with Crippen molar-refractivity contribution >= 4 is 0 Å². The van der Waals surface area contributed by atoms with Crippen LogP contribution in [0.1, 0.15) is 36.8 Å². The van der Waals surface area contributed by atoms with Gasteiger partial charge >= 0.3 is 0 Å². The zero-order chi connectivity index (χ0) is 11.4. The summed E-state index contributed by atoms with van der Waals surface area (Å²) in [5, 5.41) is 3.37. The first-order chi connectivity index (χ1) is 7.75. The second-order valence-electron chi connectivity index (χ2n) is 4.75. The fraction of sp³-hybridized carbons (Fsp3) is 0.571. The Labute approximate surface area is 97.1 Å². The van der Waals surface area contributed by atoms with Gasteiger partial charge in [0.1, 0.15) is 6.17 Å². The topological polar surface area (TPSA) is 12.0 Å². The summed E-state index contributed by atoms with van der Waals surface area (Å²) in [4.78, 5) is 0. The lowest BCUT2D eigenvalue weighted by molar-refractivity contribution is 0.360. The maximum Gasteiger partial charge on any atom is 0.101 e. The summed E-state index contributed by atoms with van der Waals surface area (Å²) < 4.78 is 12.8. The van der Waals surface area contributed by atoms with E-state index in [9.17, 15) is 4.39 Å². The van der Waals surface area contributed by atoms with Gasteiger partial charge in [0, 0.05) is 6.42 Å². The first-order valence-electron chi connectivity index (χ1n) is 6.19. The molecule has 2 rings (SSSR count). The summed E-state index contributed by atoms with van der Waals surface area (Å²) in [6.45, 7) is 3.85. The Morgan fingerprint density at radius 1 is 1.25 bits per heavy atom. The normalized spacial score (nSPS) is 19.6. The van der Waals surface area contributed by atoms with Crippen LogP contribution in [0.4, 0.5) is 4.39 Å². The molecule has 0 aromatic heterocycles. The first-order valence-corrected chi connectivity index (χ1v) is 6.19. The van der Waals surface area contributed by atoms with Gasteiger partial charge in [-0.15, -0.1) is 0 Å². The van der Waals surface area contributed by atoms with Gasteiger partial charge in [-0.2, -0.15) is 0 Å². The molecular formula is C14H20FN. The van der Waals surface area contributed by atoms with Crippen molar-refractivity contribution < 1.29 is 4.39 Å². The summed E-state index contributed by atoms with van der Waals surface area (Å²) >= 11 is 0. The molecule has 2 heteroatoms. The summed E-state index contributed by atoms with van der Waals surface area (Å²) in [7, 11) is 0. The second kappa shape index (κ2) is 5.44. The molecule has 1 unspecified atom stereocenters. The third-order valence-corrected chi connectivity index (χ3v) is 3.31. The molecule has 0 spiro atoms. The van der Waals surface area contributed by atoms with E-state index in [0.29, 0.717) is 12.3 Å². The van der Waals surface area contributed by atoms with E-state index in [4.69, 9.17) is 0 Å². The minimum Gasteiger partial charge on any atom is -0.317 e.